The zero-order chi connectivity index (χ0) is 17.6. The van der Waals surface area contributed by atoms with Crippen molar-refractivity contribution in [2.75, 3.05) is 18.5 Å². The van der Waals surface area contributed by atoms with Gasteiger partial charge in [0.05, 0.1) is 18.3 Å². The molecule has 6 heteroatoms. The summed E-state index contributed by atoms with van der Waals surface area (Å²) in [5.41, 5.74) is 1.53. The number of carbonyl (C=O) groups excluding carboxylic acids is 1. The Morgan fingerprint density at radius 3 is 3.04 bits per heavy atom. The van der Waals surface area contributed by atoms with Gasteiger partial charge in [0.1, 0.15) is 17.2 Å². The maximum atomic E-state index is 12.8. The molecular formula is C19H25N3O3. The molecule has 0 spiro atoms. The van der Waals surface area contributed by atoms with Crippen LogP contribution < -0.4 is 10.1 Å². The second-order valence-electron chi connectivity index (χ2n) is 6.18. The Kier molecular flexibility index (Phi) is 5.58. The van der Waals surface area contributed by atoms with Crippen LogP contribution in [0.25, 0.3) is 0 Å². The third kappa shape index (κ3) is 3.95. The maximum absolute atomic E-state index is 12.8. The number of aryl methyl sites for hydroxylation is 1. The molecule has 2 amide bonds. The SMILES string of the molecule is CCCc1cc([C@H]2CCCN2C(=O)Nc2ccccc2OCC)no1. The molecule has 0 unspecified atom stereocenters. The number of aromatic nitrogens is 1. The van der Waals surface area contributed by atoms with Crippen molar-refractivity contribution < 1.29 is 14.1 Å². The van der Waals surface area contributed by atoms with Gasteiger partial charge in [0, 0.05) is 19.0 Å². The Hall–Kier alpha value is -2.50. The van der Waals surface area contributed by atoms with Gasteiger partial charge in [-0.3, -0.25) is 0 Å². The van der Waals surface area contributed by atoms with E-state index in [4.69, 9.17) is 9.26 Å². The lowest BCUT2D eigenvalue weighted by atomic mass is 10.1. The number of likely N-dealkylation sites (tertiary alicyclic amines) is 1. The van der Waals surface area contributed by atoms with Crippen LogP contribution in [-0.2, 0) is 6.42 Å². The molecule has 1 aliphatic rings. The molecule has 3 rings (SSSR count). The zero-order valence-corrected chi connectivity index (χ0v) is 14.8. The number of nitrogens with one attached hydrogen (secondary N) is 1. The van der Waals surface area contributed by atoms with Gasteiger partial charge in [-0.25, -0.2) is 4.79 Å². The molecule has 1 aliphatic heterocycles. The van der Waals surface area contributed by atoms with Crippen molar-refractivity contribution in [3.63, 3.8) is 0 Å². The number of anilines is 1. The lowest BCUT2D eigenvalue weighted by Gasteiger charge is -2.24. The summed E-state index contributed by atoms with van der Waals surface area (Å²) in [6.45, 7) is 5.29. The molecule has 1 N–H and O–H groups in total. The zero-order valence-electron chi connectivity index (χ0n) is 14.8. The summed E-state index contributed by atoms with van der Waals surface area (Å²) in [6.07, 6.45) is 3.74. The van der Waals surface area contributed by atoms with Crippen LogP contribution in [0, 0.1) is 0 Å². The molecule has 0 saturated carbocycles. The summed E-state index contributed by atoms with van der Waals surface area (Å²) in [5.74, 6) is 1.56. The Labute approximate surface area is 148 Å². The largest absolute Gasteiger partial charge is 0.492 e. The smallest absolute Gasteiger partial charge is 0.322 e. The van der Waals surface area contributed by atoms with Gasteiger partial charge in [-0.15, -0.1) is 0 Å². The van der Waals surface area contributed by atoms with Crippen LogP contribution in [0.3, 0.4) is 0 Å². The number of rotatable bonds is 6. The third-order valence-electron chi connectivity index (χ3n) is 4.36. The average molecular weight is 343 g/mol. The van der Waals surface area contributed by atoms with Crippen molar-refractivity contribution in [2.45, 2.75) is 45.6 Å². The van der Waals surface area contributed by atoms with Gasteiger partial charge in [-0.2, -0.15) is 0 Å². The molecule has 0 bridgehead atoms. The van der Waals surface area contributed by atoms with Crippen molar-refractivity contribution in [1.29, 1.82) is 0 Å². The van der Waals surface area contributed by atoms with Crippen molar-refractivity contribution in [3.8, 4) is 5.75 Å². The summed E-state index contributed by atoms with van der Waals surface area (Å²) < 4.78 is 11.0. The molecule has 1 saturated heterocycles. The van der Waals surface area contributed by atoms with Gasteiger partial charge >= 0.3 is 6.03 Å². The third-order valence-corrected chi connectivity index (χ3v) is 4.36. The first kappa shape index (κ1) is 17.3. The number of carbonyl (C=O) groups is 1. The fourth-order valence-electron chi connectivity index (χ4n) is 3.21. The maximum Gasteiger partial charge on any atom is 0.322 e. The molecule has 1 fully saturated rings. The standard InChI is InChI=1S/C19H25N3O3/c1-3-8-14-13-16(21-25-14)17-10-7-12-22(17)19(23)20-15-9-5-6-11-18(15)24-4-2/h5-6,9,11,13,17H,3-4,7-8,10,12H2,1-2H3,(H,20,23)/t17-/m1/s1. The Morgan fingerprint density at radius 1 is 1.40 bits per heavy atom. The number of ether oxygens (including phenoxy) is 1. The molecule has 0 radical (unpaired) electrons. The second kappa shape index (κ2) is 8.05. The van der Waals surface area contributed by atoms with E-state index in [0.29, 0.717) is 24.6 Å². The van der Waals surface area contributed by atoms with E-state index in [1.807, 2.05) is 42.2 Å². The van der Waals surface area contributed by atoms with Crippen molar-refractivity contribution in [3.05, 3.63) is 41.8 Å². The topological polar surface area (TPSA) is 67.6 Å². The normalized spacial score (nSPS) is 16.9. The molecule has 2 aromatic rings. The Balaban J connectivity index is 1.72. The van der Waals surface area contributed by atoms with Crippen LogP contribution in [0.1, 0.15) is 50.6 Å². The van der Waals surface area contributed by atoms with Gasteiger partial charge in [-0.05, 0) is 38.3 Å². The molecule has 6 nitrogen and oxygen atoms in total. The highest BCUT2D eigenvalue weighted by atomic mass is 16.5. The number of urea groups is 1. The van der Waals surface area contributed by atoms with E-state index >= 15 is 0 Å². The monoisotopic (exact) mass is 343 g/mol. The summed E-state index contributed by atoms with van der Waals surface area (Å²) in [6, 6.07) is 9.30. The molecule has 1 aromatic heterocycles. The minimum Gasteiger partial charge on any atom is -0.492 e. The Morgan fingerprint density at radius 2 is 2.24 bits per heavy atom. The summed E-state index contributed by atoms with van der Waals surface area (Å²) in [4.78, 5) is 14.6. The number of nitrogens with zero attached hydrogens (tertiary/aromatic N) is 2. The van der Waals surface area contributed by atoms with Gasteiger partial charge < -0.3 is 19.5 Å². The molecule has 0 aliphatic carbocycles. The second-order valence-corrected chi connectivity index (χ2v) is 6.18. The van der Waals surface area contributed by atoms with E-state index in [9.17, 15) is 4.79 Å². The van der Waals surface area contributed by atoms with Gasteiger partial charge in [0.25, 0.3) is 0 Å². The number of para-hydroxylation sites is 2. The minimum atomic E-state index is -0.130. The molecule has 134 valence electrons. The van der Waals surface area contributed by atoms with Crippen LogP contribution in [0.5, 0.6) is 5.75 Å². The predicted octanol–water partition coefficient (Wildman–Crippen LogP) is 4.39. The lowest BCUT2D eigenvalue weighted by molar-refractivity contribution is 0.204. The lowest BCUT2D eigenvalue weighted by Crippen LogP contribution is -2.34. The van der Waals surface area contributed by atoms with E-state index in [2.05, 4.69) is 17.4 Å². The Bertz CT molecular complexity index is 713. The van der Waals surface area contributed by atoms with Crippen molar-refractivity contribution in [2.24, 2.45) is 0 Å². The molecule has 1 atom stereocenters. The summed E-state index contributed by atoms with van der Waals surface area (Å²) in [7, 11) is 0. The summed E-state index contributed by atoms with van der Waals surface area (Å²) in [5, 5.41) is 7.15. The van der Waals surface area contributed by atoms with Crippen LogP contribution in [0.4, 0.5) is 10.5 Å². The molecule has 25 heavy (non-hydrogen) atoms. The van der Waals surface area contributed by atoms with E-state index in [1.54, 1.807) is 0 Å². The summed E-state index contributed by atoms with van der Waals surface area (Å²) >= 11 is 0. The fourth-order valence-corrected chi connectivity index (χ4v) is 3.21. The molecule has 2 heterocycles. The molecule has 1 aromatic carbocycles. The first-order valence-corrected chi connectivity index (χ1v) is 8.97. The van der Waals surface area contributed by atoms with Gasteiger partial charge in [0.15, 0.2) is 0 Å². The van der Waals surface area contributed by atoms with Crippen LogP contribution in [-0.4, -0.2) is 29.2 Å². The van der Waals surface area contributed by atoms with E-state index < -0.39 is 0 Å². The van der Waals surface area contributed by atoms with Gasteiger partial charge in [-0.1, -0.05) is 24.2 Å². The fraction of sp³-hybridized carbons (Fsp3) is 0.474. The van der Waals surface area contributed by atoms with Crippen molar-refractivity contribution >= 4 is 11.7 Å². The van der Waals surface area contributed by atoms with E-state index in [1.165, 1.54) is 0 Å². The first-order chi connectivity index (χ1) is 12.2. The van der Waals surface area contributed by atoms with Gasteiger partial charge in [0.2, 0.25) is 0 Å². The average Bonchev–Trinajstić information content (AvgIpc) is 3.26. The van der Waals surface area contributed by atoms with Crippen LogP contribution in [0.2, 0.25) is 0 Å². The molecular weight excluding hydrogens is 318 g/mol. The highest BCUT2D eigenvalue weighted by molar-refractivity contribution is 5.91. The van der Waals surface area contributed by atoms with Crippen molar-refractivity contribution in [1.82, 2.24) is 10.1 Å². The number of amides is 2. The minimum absolute atomic E-state index is 0.0337. The quantitative estimate of drug-likeness (QED) is 0.844. The highest BCUT2D eigenvalue weighted by Gasteiger charge is 2.32. The van der Waals surface area contributed by atoms with Crippen LogP contribution in [0.15, 0.2) is 34.9 Å². The number of benzene rings is 1. The predicted molar refractivity (Wildman–Crippen MR) is 95.8 cm³/mol. The van der Waals surface area contributed by atoms with Crippen LogP contribution >= 0.6 is 0 Å². The van der Waals surface area contributed by atoms with E-state index in [-0.39, 0.29) is 12.1 Å². The highest BCUT2D eigenvalue weighted by Crippen LogP contribution is 2.33. The number of hydrogen-bond donors (Lipinski definition) is 1. The van der Waals surface area contributed by atoms with E-state index in [0.717, 1.165) is 37.1 Å². The first-order valence-electron chi connectivity index (χ1n) is 8.97. The number of hydrogen-bond acceptors (Lipinski definition) is 4.